The fraction of sp³-hybridized carbons (Fsp3) is 0.303. The lowest BCUT2D eigenvalue weighted by Crippen LogP contribution is -2.23. The van der Waals surface area contributed by atoms with Crippen molar-refractivity contribution >= 4 is 24.9 Å². The second-order valence-electron chi connectivity index (χ2n) is 10.6. The van der Waals surface area contributed by atoms with E-state index in [2.05, 4.69) is 120 Å². The first-order chi connectivity index (χ1) is 17.3. The minimum atomic E-state index is -0.0163. The van der Waals surface area contributed by atoms with Crippen molar-refractivity contribution in [2.24, 2.45) is 10.9 Å². The molecule has 0 N–H and O–H groups in total. The van der Waals surface area contributed by atoms with Crippen molar-refractivity contribution in [2.75, 3.05) is 13.7 Å². The van der Waals surface area contributed by atoms with Gasteiger partial charge in [-0.25, -0.2) is 0 Å². The lowest BCUT2D eigenvalue weighted by molar-refractivity contribution is 0.271. The van der Waals surface area contributed by atoms with E-state index in [1.165, 1.54) is 32.9 Å². The lowest BCUT2D eigenvalue weighted by atomic mass is 9.85. The summed E-state index contributed by atoms with van der Waals surface area (Å²) in [5, 5.41) is 2.60. The summed E-state index contributed by atoms with van der Waals surface area (Å²) < 4.78 is 6.70. The Bertz CT molecular complexity index is 1300. The molecule has 2 nitrogen and oxygen atoms in total. The summed E-state index contributed by atoms with van der Waals surface area (Å²) in [4.78, 5) is 4.74. The molecule has 3 aromatic rings. The van der Waals surface area contributed by atoms with Gasteiger partial charge in [0, 0.05) is 35.0 Å². The molecular weight excluding hydrogens is 457 g/mol. The van der Waals surface area contributed by atoms with Crippen LogP contribution in [0.3, 0.4) is 0 Å². The number of ether oxygens (including phenoxy) is 1. The Morgan fingerprint density at radius 2 is 1.78 bits per heavy atom. The van der Waals surface area contributed by atoms with E-state index in [9.17, 15) is 0 Å². The fourth-order valence-corrected chi connectivity index (χ4v) is 6.20. The van der Waals surface area contributed by atoms with Crippen LogP contribution in [0.15, 0.2) is 90.0 Å². The zero-order chi connectivity index (χ0) is 25.7. The van der Waals surface area contributed by atoms with Crippen molar-refractivity contribution < 1.29 is 4.74 Å². The third-order valence-corrected chi connectivity index (χ3v) is 8.17. The molecule has 0 fully saturated rings. The Morgan fingerprint density at radius 3 is 2.44 bits per heavy atom. The largest absolute Gasteiger partial charge is 0.492 e. The minimum absolute atomic E-state index is 0.0163. The first kappa shape index (κ1) is 26.1. The molecule has 2 unspecified atom stereocenters. The predicted molar refractivity (Wildman–Crippen MR) is 159 cm³/mol. The van der Waals surface area contributed by atoms with Gasteiger partial charge in [-0.15, -0.1) is 0 Å². The minimum Gasteiger partial charge on any atom is -0.492 e. The molecule has 186 valence electrons. The zero-order valence-corrected chi connectivity index (χ0v) is 23.4. The molecule has 0 radical (unpaired) electrons. The van der Waals surface area contributed by atoms with Gasteiger partial charge in [-0.05, 0) is 48.2 Å². The lowest BCUT2D eigenvalue weighted by Gasteiger charge is -2.27. The number of aryl methyl sites for hydroxylation is 2. The van der Waals surface area contributed by atoms with Crippen molar-refractivity contribution in [2.45, 2.75) is 46.5 Å². The summed E-state index contributed by atoms with van der Waals surface area (Å²) in [5.74, 6) is 1.46. The van der Waals surface area contributed by atoms with Gasteiger partial charge in [0.05, 0.1) is 12.3 Å². The molecule has 0 amide bonds. The van der Waals surface area contributed by atoms with E-state index >= 15 is 0 Å². The third-order valence-electron chi connectivity index (χ3n) is 6.61. The quantitative estimate of drug-likeness (QED) is 0.251. The Hall–Kier alpha value is -2.96. The molecule has 2 atom stereocenters. The fourth-order valence-electron chi connectivity index (χ4n) is 4.69. The summed E-state index contributed by atoms with van der Waals surface area (Å²) >= 11 is 0. The van der Waals surface area contributed by atoms with Gasteiger partial charge in [0.15, 0.2) is 0 Å². The van der Waals surface area contributed by atoms with Gasteiger partial charge in [-0.3, -0.25) is 4.99 Å². The highest BCUT2D eigenvalue weighted by Crippen LogP contribution is 2.35. The Labute approximate surface area is 219 Å². The Kier molecular flexibility index (Phi) is 8.27. The molecule has 0 saturated carbocycles. The molecule has 0 spiro atoms. The van der Waals surface area contributed by atoms with E-state index in [4.69, 9.17) is 9.73 Å². The Balaban J connectivity index is 1.79. The topological polar surface area (TPSA) is 21.6 Å². The SMILES string of the molecule is CN=C(c1ccccc1)c1cccc(C)c1Pc1cc(C)cc(C(C)(C)C)c1OCC1C=CC=CC1. The molecule has 0 saturated heterocycles. The first-order valence-corrected chi connectivity index (χ1v) is 13.8. The summed E-state index contributed by atoms with van der Waals surface area (Å²) in [6, 6.07) is 21.7. The van der Waals surface area contributed by atoms with Gasteiger partial charge in [-0.2, -0.15) is 0 Å². The molecule has 3 aromatic carbocycles. The van der Waals surface area contributed by atoms with E-state index in [-0.39, 0.29) is 5.41 Å². The van der Waals surface area contributed by atoms with Gasteiger partial charge in [0.2, 0.25) is 0 Å². The van der Waals surface area contributed by atoms with Crippen LogP contribution in [-0.2, 0) is 5.41 Å². The highest BCUT2D eigenvalue weighted by Gasteiger charge is 2.24. The van der Waals surface area contributed by atoms with Gasteiger partial charge >= 0.3 is 0 Å². The van der Waals surface area contributed by atoms with E-state index in [1.54, 1.807) is 0 Å². The van der Waals surface area contributed by atoms with Crippen LogP contribution in [-0.4, -0.2) is 19.4 Å². The molecular formula is C33H38NOP. The number of hydrogen-bond acceptors (Lipinski definition) is 2. The molecule has 4 rings (SSSR count). The first-order valence-electron chi connectivity index (χ1n) is 12.8. The highest BCUT2D eigenvalue weighted by molar-refractivity contribution is 7.56. The molecule has 36 heavy (non-hydrogen) atoms. The number of nitrogens with zero attached hydrogens (tertiary/aromatic N) is 1. The van der Waals surface area contributed by atoms with Crippen LogP contribution in [0.2, 0.25) is 0 Å². The smallest absolute Gasteiger partial charge is 0.130 e. The highest BCUT2D eigenvalue weighted by atomic mass is 31.1. The monoisotopic (exact) mass is 495 g/mol. The van der Waals surface area contributed by atoms with Crippen LogP contribution in [0.5, 0.6) is 5.75 Å². The van der Waals surface area contributed by atoms with Crippen LogP contribution < -0.4 is 15.3 Å². The van der Waals surface area contributed by atoms with Crippen molar-refractivity contribution in [1.29, 1.82) is 0 Å². The van der Waals surface area contributed by atoms with Crippen molar-refractivity contribution in [3.63, 3.8) is 0 Å². The van der Waals surface area contributed by atoms with Crippen LogP contribution >= 0.6 is 8.58 Å². The maximum absolute atomic E-state index is 6.70. The average molecular weight is 496 g/mol. The van der Waals surface area contributed by atoms with Crippen LogP contribution in [0, 0.1) is 19.8 Å². The summed E-state index contributed by atoms with van der Waals surface area (Å²) in [6.07, 6.45) is 9.77. The molecule has 0 aliphatic heterocycles. The Morgan fingerprint density at radius 1 is 1.00 bits per heavy atom. The molecule has 0 heterocycles. The summed E-state index contributed by atoms with van der Waals surface area (Å²) in [6.45, 7) is 11.9. The van der Waals surface area contributed by atoms with Gasteiger partial charge in [-0.1, -0.05) is 108 Å². The van der Waals surface area contributed by atoms with Crippen LogP contribution in [0.25, 0.3) is 0 Å². The molecule has 1 aliphatic carbocycles. The molecule has 0 aromatic heterocycles. The van der Waals surface area contributed by atoms with E-state index < -0.39 is 0 Å². The van der Waals surface area contributed by atoms with Crippen LogP contribution in [0.4, 0.5) is 0 Å². The maximum Gasteiger partial charge on any atom is 0.130 e. The van der Waals surface area contributed by atoms with Gasteiger partial charge < -0.3 is 4.74 Å². The third kappa shape index (κ3) is 6.05. The second-order valence-corrected chi connectivity index (χ2v) is 11.9. The van der Waals surface area contributed by atoms with Crippen LogP contribution in [0.1, 0.15) is 55.0 Å². The second kappa shape index (κ2) is 11.4. The number of benzene rings is 3. The van der Waals surface area contributed by atoms with Crippen molar-refractivity contribution in [1.82, 2.24) is 0 Å². The number of allylic oxidation sites excluding steroid dienone is 3. The predicted octanol–water partition coefficient (Wildman–Crippen LogP) is 7.21. The zero-order valence-electron chi connectivity index (χ0n) is 22.4. The van der Waals surface area contributed by atoms with E-state index in [0.717, 1.165) is 23.4 Å². The van der Waals surface area contributed by atoms with E-state index in [0.29, 0.717) is 21.1 Å². The average Bonchev–Trinajstić information content (AvgIpc) is 2.86. The standard InChI is InChI=1S/C33H38NOP/c1-23-20-28(33(3,4)5)31(35-22-25-15-9-7-10-16-25)29(21-23)36-32-24(2)14-13-19-27(32)30(34-6)26-17-11-8-12-18-26/h7-15,17-21,25,36H,16,22H2,1-6H3. The van der Waals surface area contributed by atoms with Crippen molar-refractivity contribution in [3.8, 4) is 5.75 Å². The maximum atomic E-state index is 6.70. The van der Waals surface area contributed by atoms with Crippen molar-refractivity contribution in [3.05, 3.63) is 113 Å². The van der Waals surface area contributed by atoms with Gasteiger partial charge in [0.1, 0.15) is 5.75 Å². The molecule has 0 bridgehead atoms. The van der Waals surface area contributed by atoms with Gasteiger partial charge in [0.25, 0.3) is 0 Å². The van der Waals surface area contributed by atoms with E-state index in [1.807, 2.05) is 7.05 Å². The molecule has 3 heteroatoms. The summed E-state index contributed by atoms with van der Waals surface area (Å²) in [5.41, 5.74) is 7.20. The molecule has 1 aliphatic rings. The summed E-state index contributed by atoms with van der Waals surface area (Å²) in [7, 11) is 2.36. The number of hydrogen-bond donors (Lipinski definition) is 0. The number of aliphatic imine (C=N–C) groups is 1. The number of rotatable bonds is 7. The normalized spacial score (nSPS) is 16.2.